The molecule has 0 aromatic heterocycles. The van der Waals surface area contributed by atoms with Crippen LogP contribution in [-0.2, 0) is 15.5 Å². The molecule has 0 saturated heterocycles. The van der Waals surface area contributed by atoms with Crippen LogP contribution in [0.25, 0.3) is 0 Å². The van der Waals surface area contributed by atoms with Crippen LogP contribution in [0.1, 0.15) is 69.9 Å². The van der Waals surface area contributed by atoms with Gasteiger partial charge in [0.1, 0.15) is 0 Å². The number of nitrogens with zero attached hydrogens (tertiary/aromatic N) is 2. The van der Waals surface area contributed by atoms with Crippen molar-refractivity contribution in [1.82, 2.24) is 0 Å². The van der Waals surface area contributed by atoms with E-state index < -0.39 is 10.1 Å². The van der Waals surface area contributed by atoms with Crippen LogP contribution in [0, 0.1) is 0 Å². The molecule has 1 unspecified atom stereocenters. The lowest BCUT2D eigenvalue weighted by atomic mass is 9.83. The van der Waals surface area contributed by atoms with Crippen LogP contribution in [0.5, 0.6) is 0 Å². The summed E-state index contributed by atoms with van der Waals surface area (Å²) in [6, 6.07) is 16.7. The molecule has 0 saturated carbocycles. The van der Waals surface area contributed by atoms with E-state index in [1.807, 2.05) is 12.1 Å². The minimum Gasteiger partial charge on any atom is -0.344 e. The van der Waals surface area contributed by atoms with Gasteiger partial charge in [-0.1, -0.05) is 80.9 Å². The first kappa shape index (κ1) is 28.6. The number of halogens is 1. The second-order valence-corrected chi connectivity index (χ2v) is 13.3. The van der Waals surface area contributed by atoms with E-state index in [4.69, 9.17) is 21.1 Å². The Morgan fingerprint density at radius 3 is 2.58 bits per heavy atom. The molecule has 210 valence electrons. The summed E-state index contributed by atoms with van der Waals surface area (Å²) in [5.41, 5.74) is 8.98. The average Bonchev–Trinajstić information content (AvgIpc) is 3.35. The Bertz CT molecular complexity index is 1560. The Hall–Kier alpha value is -2.93. The third kappa shape index (κ3) is 5.90. The van der Waals surface area contributed by atoms with Crippen molar-refractivity contribution >= 4 is 38.8 Å². The molecule has 0 radical (unpaired) electrons. The van der Waals surface area contributed by atoms with Crippen molar-refractivity contribution in [1.29, 1.82) is 0 Å². The summed E-state index contributed by atoms with van der Waals surface area (Å²) in [5.74, 6) is 0.0491. The highest BCUT2D eigenvalue weighted by atomic mass is 35.5. The number of hydrogen-bond acceptors (Lipinski definition) is 4. The number of benzene rings is 2. The van der Waals surface area contributed by atoms with E-state index in [1.165, 1.54) is 11.1 Å². The monoisotopic (exact) mass is 576 g/mol. The number of anilines is 1. The van der Waals surface area contributed by atoms with Gasteiger partial charge >= 0.3 is 0 Å². The normalized spacial score (nSPS) is 22.4. The van der Waals surface area contributed by atoms with Crippen molar-refractivity contribution in [3.05, 3.63) is 106 Å². The molecule has 0 spiro atoms. The van der Waals surface area contributed by atoms with E-state index >= 15 is 0 Å². The second-order valence-electron chi connectivity index (χ2n) is 11.4. The molecular formula is C33H37ClN2O3S. The smallest absolute Gasteiger partial charge is 0.264 e. The predicted molar refractivity (Wildman–Crippen MR) is 166 cm³/mol. The minimum atomic E-state index is -3.96. The highest BCUT2D eigenvalue weighted by Crippen LogP contribution is 2.48. The molecule has 2 aromatic rings. The maximum absolute atomic E-state index is 11.2. The van der Waals surface area contributed by atoms with E-state index in [0.29, 0.717) is 19.4 Å². The van der Waals surface area contributed by atoms with Gasteiger partial charge in [0, 0.05) is 40.0 Å². The quantitative estimate of drug-likeness (QED) is 0.253. The average molecular weight is 577 g/mol. The zero-order chi connectivity index (χ0) is 28.5. The molecular weight excluding hydrogens is 540 g/mol. The molecule has 1 atom stereocenters. The van der Waals surface area contributed by atoms with Crippen molar-refractivity contribution in [2.75, 3.05) is 17.2 Å². The Kier molecular flexibility index (Phi) is 8.23. The Labute approximate surface area is 243 Å². The summed E-state index contributed by atoms with van der Waals surface area (Å²) in [5, 5.41) is 0.816. The fraction of sp³-hybridized carbons (Fsp3) is 0.364. The van der Waals surface area contributed by atoms with Gasteiger partial charge in [-0.25, -0.2) is 0 Å². The molecule has 0 bridgehead atoms. The lowest BCUT2D eigenvalue weighted by molar-refractivity contribution is 0.480. The first-order valence-electron chi connectivity index (χ1n) is 14.0. The Morgan fingerprint density at radius 1 is 1.05 bits per heavy atom. The molecule has 5 rings (SSSR count). The summed E-state index contributed by atoms with van der Waals surface area (Å²) in [6.07, 6.45) is 12.6. The van der Waals surface area contributed by atoms with E-state index in [0.717, 1.165) is 58.2 Å². The maximum Gasteiger partial charge on any atom is 0.264 e. The van der Waals surface area contributed by atoms with Gasteiger partial charge in [0.2, 0.25) is 0 Å². The van der Waals surface area contributed by atoms with Crippen molar-refractivity contribution in [3.8, 4) is 0 Å². The molecule has 3 aliphatic rings. The Balaban J connectivity index is 1.40. The summed E-state index contributed by atoms with van der Waals surface area (Å²) in [4.78, 5) is 7.11. The van der Waals surface area contributed by atoms with E-state index in [-0.39, 0.29) is 17.1 Å². The van der Waals surface area contributed by atoms with E-state index in [2.05, 4.69) is 86.4 Å². The van der Waals surface area contributed by atoms with Gasteiger partial charge in [-0.15, -0.1) is 0 Å². The fourth-order valence-electron chi connectivity index (χ4n) is 6.04. The number of unbranched alkanes of at least 4 members (excludes halogenated alkanes) is 1. The van der Waals surface area contributed by atoms with Gasteiger partial charge in [-0.2, -0.15) is 8.42 Å². The van der Waals surface area contributed by atoms with Crippen molar-refractivity contribution in [2.24, 2.45) is 4.99 Å². The molecule has 40 heavy (non-hydrogen) atoms. The standard InChI is InChI=1S/C33H37ClN2O3S/c1-23-26-13-4-6-15-29(26)35-28(23)19-17-24-11-10-12-25(32(24)34)18-20-31-33(2,3)27-14-5-7-16-30(27)36(31)21-8-9-22-40(37,38)39/h4-7,13-20,23H,8-12,21-22H2,1-3H3,(H,37,38,39)/b19-17+,25-18+,31-20+. The van der Waals surface area contributed by atoms with Crippen LogP contribution in [0.4, 0.5) is 11.4 Å². The number of allylic oxidation sites excluding steroid dienone is 8. The number of aliphatic imine (C=N–C) groups is 1. The molecule has 0 amide bonds. The molecule has 2 aromatic carbocycles. The first-order valence-corrected chi connectivity index (χ1v) is 16.0. The van der Waals surface area contributed by atoms with Crippen molar-refractivity contribution < 1.29 is 13.0 Å². The number of para-hydroxylation sites is 2. The van der Waals surface area contributed by atoms with Crippen molar-refractivity contribution in [3.63, 3.8) is 0 Å². The van der Waals surface area contributed by atoms with Crippen LogP contribution in [0.15, 0.2) is 99.7 Å². The topological polar surface area (TPSA) is 70.0 Å². The van der Waals surface area contributed by atoms with Crippen LogP contribution in [-0.4, -0.2) is 31.0 Å². The largest absolute Gasteiger partial charge is 0.344 e. The fourth-order valence-corrected chi connectivity index (χ4v) is 6.93. The first-order chi connectivity index (χ1) is 19.1. The number of rotatable bonds is 8. The highest BCUT2D eigenvalue weighted by Gasteiger charge is 2.39. The SMILES string of the molecule is CC1C(/C=C/C2=C(Cl)C(=C/C=C3/N(CCCCS(=O)(=O)O)c4ccccc4C3(C)C)/CCC2)=Nc2ccccc21. The zero-order valence-corrected chi connectivity index (χ0v) is 25.0. The van der Waals surface area contributed by atoms with Gasteiger partial charge < -0.3 is 4.90 Å². The van der Waals surface area contributed by atoms with E-state index in [9.17, 15) is 8.42 Å². The molecule has 2 heterocycles. The third-order valence-corrected chi connectivity index (χ3v) is 9.57. The van der Waals surface area contributed by atoms with Gasteiger partial charge in [0.25, 0.3) is 10.1 Å². The lowest BCUT2D eigenvalue weighted by Crippen LogP contribution is -2.27. The van der Waals surface area contributed by atoms with Crippen LogP contribution in [0.3, 0.4) is 0 Å². The zero-order valence-electron chi connectivity index (χ0n) is 23.4. The summed E-state index contributed by atoms with van der Waals surface area (Å²) >= 11 is 6.98. The molecule has 2 aliphatic heterocycles. The third-order valence-electron chi connectivity index (χ3n) is 8.28. The minimum absolute atomic E-state index is 0.212. The summed E-state index contributed by atoms with van der Waals surface area (Å²) in [7, 11) is -3.96. The molecule has 1 N–H and O–H groups in total. The second kappa shape index (κ2) is 11.5. The predicted octanol–water partition coefficient (Wildman–Crippen LogP) is 8.39. The Morgan fingerprint density at radius 2 is 1.80 bits per heavy atom. The molecule has 5 nitrogen and oxygen atoms in total. The van der Waals surface area contributed by atoms with Crippen molar-refractivity contribution in [2.45, 2.75) is 64.2 Å². The molecule has 0 fully saturated rings. The van der Waals surface area contributed by atoms with E-state index in [1.54, 1.807) is 0 Å². The molecule has 7 heteroatoms. The summed E-state index contributed by atoms with van der Waals surface area (Å²) < 4.78 is 31.6. The van der Waals surface area contributed by atoms with Gasteiger partial charge in [-0.05, 0) is 78.7 Å². The van der Waals surface area contributed by atoms with Gasteiger partial charge in [0.05, 0.1) is 11.4 Å². The highest BCUT2D eigenvalue weighted by molar-refractivity contribution is 7.85. The van der Waals surface area contributed by atoms with Gasteiger partial charge in [-0.3, -0.25) is 9.55 Å². The summed E-state index contributed by atoms with van der Waals surface area (Å²) in [6.45, 7) is 7.31. The number of hydrogen-bond donors (Lipinski definition) is 1. The van der Waals surface area contributed by atoms with Crippen LogP contribution >= 0.6 is 11.6 Å². The van der Waals surface area contributed by atoms with Crippen LogP contribution < -0.4 is 4.90 Å². The number of fused-ring (bicyclic) bond motifs is 2. The maximum atomic E-state index is 11.2. The van der Waals surface area contributed by atoms with Crippen LogP contribution in [0.2, 0.25) is 0 Å². The molecule has 1 aliphatic carbocycles. The van der Waals surface area contributed by atoms with Gasteiger partial charge in [0.15, 0.2) is 0 Å². The lowest BCUT2D eigenvalue weighted by Gasteiger charge is -2.27.